The Morgan fingerprint density at radius 3 is 2.58 bits per heavy atom. The molecule has 2 saturated heterocycles. The third kappa shape index (κ3) is 5.63. The fraction of sp³-hybridized carbons (Fsp3) is 0.650. The third-order valence-electron chi connectivity index (χ3n) is 5.45. The smallest absolute Gasteiger partial charge is 0.314 e. The molecule has 5 nitrogen and oxygen atoms in total. The molecule has 0 atom stereocenters. The number of carbonyl (C=O) groups excluding carboxylic acids is 1. The maximum absolute atomic E-state index is 12.2. The normalized spacial score (nSPS) is 20.5. The van der Waals surface area contributed by atoms with E-state index in [1.54, 1.807) is 0 Å². The van der Waals surface area contributed by atoms with E-state index < -0.39 is 0 Å². The number of ether oxygens (including phenoxy) is 1. The molecule has 0 aromatic heterocycles. The van der Waals surface area contributed by atoms with Crippen LogP contribution in [0.15, 0.2) is 30.3 Å². The van der Waals surface area contributed by atoms with Crippen molar-refractivity contribution in [3.63, 3.8) is 0 Å². The molecule has 1 aromatic carbocycles. The van der Waals surface area contributed by atoms with Crippen molar-refractivity contribution in [2.75, 3.05) is 50.9 Å². The fourth-order valence-corrected chi connectivity index (χ4v) is 4.74. The van der Waals surface area contributed by atoms with Crippen LogP contribution in [0.3, 0.4) is 0 Å². The van der Waals surface area contributed by atoms with Crippen molar-refractivity contribution < 1.29 is 9.53 Å². The van der Waals surface area contributed by atoms with Crippen molar-refractivity contribution in [3.8, 4) is 0 Å². The second-order valence-corrected chi connectivity index (χ2v) is 8.36. The van der Waals surface area contributed by atoms with E-state index >= 15 is 0 Å². The van der Waals surface area contributed by atoms with Gasteiger partial charge in [-0.3, -0.25) is 4.90 Å². The van der Waals surface area contributed by atoms with E-state index in [0.29, 0.717) is 13.1 Å². The van der Waals surface area contributed by atoms with Gasteiger partial charge in [-0.2, -0.15) is 11.8 Å². The molecule has 2 aliphatic heterocycles. The molecule has 0 saturated carbocycles. The zero-order valence-electron chi connectivity index (χ0n) is 15.5. The standard InChI is InChI=1S/C20H31N3O2S/c24-19(21-10-4-7-18-5-2-1-3-6-18)22-17-20(8-13-25-14-9-20)23-11-15-26-16-12-23/h1-3,5-6H,4,7-17H2,(H2,21,22,24). The monoisotopic (exact) mass is 377 g/mol. The second kappa shape index (κ2) is 10.2. The highest BCUT2D eigenvalue weighted by Gasteiger charge is 2.39. The highest BCUT2D eigenvalue weighted by atomic mass is 32.2. The predicted molar refractivity (Wildman–Crippen MR) is 108 cm³/mol. The van der Waals surface area contributed by atoms with E-state index in [-0.39, 0.29) is 11.6 Å². The lowest BCUT2D eigenvalue weighted by atomic mass is 9.87. The highest BCUT2D eigenvalue weighted by molar-refractivity contribution is 7.99. The molecule has 2 aliphatic rings. The first-order valence-electron chi connectivity index (χ1n) is 9.75. The number of amides is 2. The molecule has 2 heterocycles. The van der Waals surface area contributed by atoms with Crippen LogP contribution in [0.2, 0.25) is 0 Å². The Bertz CT molecular complexity index is 543. The summed E-state index contributed by atoms with van der Waals surface area (Å²) >= 11 is 2.02. The molecule has 6 heteroatoms. The Balaban J connectivity index is 1.41. The van der Waals surface area contributed by atoms with Crippen LogP contribution in [-0.4, -0.2) is 67.4 Å². The number of nitrogens with one attached hydrogen (secondary N) is 2. The molecule has 0 unspecified atom stereocenters. The molecule has 2 N–H and O–H groups in total. The molecule has 0 spiro atoms. The number of urea groups is 1. The fourth-order valence-electron chi connectivity index (χ4n) is 3.84. The molecule has 144 valence electrons. The van der Waals surface area contributed by atoms with Crippen LogP contribution >= 0.6 is 11.8 Å². The summed E-state index contributed by atoms with van der Waals surface area (Å²) in [5.74, 6) is 2.38. The van der Waals surface area contributed by atoms with Gasteiger partial charge in [-0.15, -0.1) is 0 Å². The van der Waals surface area contributed by atoms with Gasteiger partial charge >= 0.3 is 6.03 Å². The molecule has 2 amide bonds. The van der Waals surface area contributed by atoms with Crippen molar-refractivity contribution in [1.82, 2.24) is 15.5 Å². The molecular formula is C20H31N3O2S. The zero-order valence-corrected chi connectivity index (χ0v) is 16.4. The number of hydrogen-bond acceptors (Lipinski definition) is 4. The van der Waals surface area contributed by atoms with Crippen molar-refractivity contribution >= 4 is 17.8 Å². The van der Waals surface area contributed by atoms with Crippen LogP contribution < -0.4 is 10.6 Å². The van der Waals surface area contributed by atoms with Crippen LogP contribution in [0.5, 0.6) is 0 Å². The summed E-state index contributed by atoms with van der Waals surface area (Å²) in [5, 5.41) is 6.14. The van der Waals surface area contributed by atoms with Crippen LogP contribution in [0, 0.1) is 0 Å². The Morgan fingerprint density at radius 1 is 1.12 bits per heavy atom. The number of carbonyl (C=O) groups is 1. The van der Waals surface area contributed by atoms with Crippen molar-refractivity contribution in [1.29, 1.82) is 0 Å². The summed E-state index contributed by atoms with van der Waals surface area (Å²) in [4.78, 5) is 14.8. The Kier molecular flexibility index (Phi) is 7.65. The summed E-state index contributed by atoms with van der Waals surface area (Å²) in [6.45, 7) is 5.24. The van der Waals surface area contributed by atoms with Gasteiger partial charge in [0.25, 0.3) is 0 Å². The average molecular weight is 378 g/mol. The van der Waals surface area contributed by atoms with Crippen LogP contribution in [0.1, 0.15) is 24.8 Å². The van der Waals surface area contributed by atoms with Gasteiger partial charge in [-0.25, -0.2) is 4.79 Å². The lowest BCUT2D eigenvalue weighted by Gasteiger charge is -2.47. The number of rotatable bonds is 7. The van der Waals surface area contributed by atoms with Gasteiger partial charge in [0.05, 0.1) is 0 Å². The maximum atomic E-state index is 12.2. The largest absolute Gasteiger partial charge is 0.381 e. The van der Waals surface area contributed by atoms with Crippen molar-refractivity contribution in [2.24, 2.45) is 0 Å². The Morgan fingerprint density at radius 2 is 1.85 bits per heavy atom. The van der Waals surface area contributed by atoms with E-state index in [4.69, 9.17) is 4.74 Å². The summed E-state index contributed by atoms with van der Waals surface area (Å²) < 4.78 is 5.58. The van der Waals surface area contributed by atoms with Gasteiger partial charge in [0, 0.05) is 56.4 Å². The second-order valence-electron chi connectivity index (χ2n) is 7.13. The molecular weight excluding hydrogens is 346 g/mol. The lowest BCUT2D eigenvalue weighted by Crippen LogP contribution is -2.61. The van der Waals surface area contributed by atoms with Crippen molar-refractivity contribution in [3.05, 3.63) is 35.9 Å². The number of hydrogen-bond donors (Lipinski definition) is 2. The molecule has 26 heavy (non-hydrogen) atoms. The Hall–Kier alpha value is -1.24. The third-order valence-corrected chi connectivity index (χ3v) is 6.40. The minimum Gasteiger partial charge on any atom is -0.381 e. The number of benzene rings is 1. The first-order valence-corrected chi connectivity index (χ1v) is 10.9. The van der Waals surface area contributed by atoms with Gasteiger partial charge in [-0.05, 0) is 31.2 Å². The first kappa shape index (κ1) is 19.5. The Labute approximate surface area is 161 Å². The number of aryl methyl sites for hydroxylation is 1. The van der Waals surface area contributed by atoms with E-state index in [2.05, 4.69) is 39.8 Å². The summed E-state index contributed by atoms with van der Waals surface area (Å²) in [7, 11) is 0. The maximum Gasteiger partial charge on any atom is 0.314 e. The van der Waals surface area contributed by atoms with Crippen LogP contribution in [0.4, 0.5) is 4.79 Å². The SMILES string of the molecule is O=C(NCCCc1ccccc1)NCC1(N2CCSCC2)CCOCC1. The summed E-state index contributed by atoms with van der Waals surface area (Å²) in [5.41, 5.74) is 1.39. The summed E-state index contributed by atoms with van der Waals surface area (Å²) in [6.07, 6.45) is 3.96. The predicted octanol–water partition coefficient (Wildman–Crippen LogP) is 2.52. The molecule has 2 fully saturated rings. The first-order chi connectivity index (χ1) is 12.8. The van der Waals surface area contributed by atoms with Crippen LogP contribution in [-0.2, 0) is 11.2 Å². The quantitative estimate of drug-likeness (QED) is 0.717. The van der Waals surface area contributed by atoms with Gasteiger partial charge < -0.3 is 15.4 Å². The molecule has 0 radical (unpaired) electrons. The molecule has 0 bridgehead atoms. The van der Waals surface area contributed by atoms with E-state index in [9.17, 15) is 4.79 Å². The summed E-state index contributed by atoms with van der Waals surface area (Å²) in [6, 6.07) is 10.4. The highest BCUT2D eigenvalue weighted by Crippen LogP contribution is 2.29. The van der Waals surface area contributed by atoms with Gasteiger partial charge in [-0.1, -0.05) is 30.3 Å². The van der Waals surface area contributed by atoms with Gasteiger partial charge in [0.15, 0.2) is 0 Å². The van der Waals surface area contributed by atoms with E-state index in [1.165, 1.54) is 17.1 Å². The van der Waals surface area contributed by atoms with Crippen molar-refractivity contribution in [2.45, 2.75) is 31.2 Å². The zero-order chi connectivity index (χ0) is 18.1. The van der Waals surface area contributed by atoms with E-state index in [1.807, 2.05) is 17.8 Å². The molecule has 3 rings (SSSR count). The number of nitrogens with zero attached hydrogens (tertiary/aromatic N) is 1. The minimum absolute atomic E-state index is 0.0460. The van der Waals surface area contributed by atoms with Gasteiger partial charge in [0.2, 0.25) is 0 Å². The molecule has 1 aromatic rings. The minimum atomic E-state index is -0.0460. The lowest BCUT2D eigenvalue weighted by molar-refractivity contribution is -0.0230. The number of thioether (sulfide) groups is 1. The van der Waals surface area contributed by atoms with Crippen LogP contribution in [0.25, 0.3) is 0 Å². The topological polar surface area (TPSA) is 53.6 Å². The average Bonchev–Trinajstić information content (AvgIpc) is 2.72. The van der Waals surface area contributed by atoms with Gasteiger partial charge in [0.1, 0.15) is 0 Å². The molecule has 0 aliphatic carbocycles. The van der Waals surface area contributed by atoms with E-state index in [0.717, 1.165) is 52.0 Å².